The van der Waals surface area contributed by atoms with Gasteiger partial charge in [0.1, 0.15) is 6.10 Å². The number of aryl methyl sites for hydroxylation is 1. The van der Waals surface area contributed by atoms with Crippen LogP contribution in [0.4, 0.5) is 0 Å². The van der Waals surface area contributed by atoms with Gasteiger partial charge in [-0.15, -0.1) is 0 Å². The molecule has 1 aromatic carbocycles. The summed E-state index contributed by atoms with van der Waals surface area (Å²) < 4.78 is 34.5. The summed E-state index contributed by atoms with van der Waals surface area (Å²) in [4.78, 5) is 0.155. The fourth-order valence-electron chi connectivity index (χ4n) is 1.94. The maximum absolute atomic E-state index is 12.0. The van der Waals surface area contributed by atoms with Crippen LogP contribution in [0.5, 0.6) is 0 Å². The Morgan fingerprint density at radius 2 is 2.00 bits per heavy atom. The quantitative estimate of drug-likeness (QED) is 0.843. The molecule has 0 amide bonds. The third-order valence-corrected chi connectivity index (χ3v) is 4.48. The third-order valence-electron chi connectivity index (χ3n) is 3.10. The molecule has 0 aromatic heterocycles. The molecule has 1 heterocycles. The number of rotatable bonds is 4. The number of aliphatic hydroxyl groups is 1. The summed E-state index contributed by atoms with van der Waals surface area (Å²) in [5, 5.41) is 8.93. The molecular weight excluding hydrogens is 268 g/mol. The van der Waals surface area contributed by atoms with Crippen LogP contribution in [0.15, 0.2) is 29.2 Å². The number of aliphatic hydroxyl groups excluding tert-OH is 1. The molecular formula is C13H18O5S. The van der Waals surface area contributed by atoms with Crippen molar-refractivity contribution in [3.05, 3.63) is 29.8 Å². The fourth-order valence-corrected chi connectivity index (χ4v) is 3.03. The zero-order valence-electron chi connectivity index (χ0n) is 10.8. The summed E-state index contributed by atoms with van der Waals surface area (Å²) >= 11 is 0. The van der Waals surface area contributed by atoms with Crippen molar-refractivity contribution in [3.8, 4) is 0 Å². The van der Waals surface area contributed by atoms with Crippen LogP contribution >= 0.6 is 0 Å². The van der Waals surface area contributed by atoms with Crippen molar-refractivity contribution in [2.45, 2.75) is 36.9 Å². The summed E-state index contributed by atoms with van der Waals surface area (Å²) in [5.41, 5.74) is 0.991. The Morgan fingerprint density at radius 1 is 1.32 bits per heavy atom. The van der Waals surface area contributed by atoms with Gasteiger partial charge in [-0.3, -0.25) is 4.18 Å². The smallest absolute Gasteiger partial charge is 0.297 e. The van der Waals surface area contributed by atoms with Crippen LogP contribution < -0.4 is 0 Å². The van der Waals surface area contributed by atoms with Crippen molar-refractivity contribution >= 4 is 10.1 Å². The van der Waals surface area contributed by atoms with E-state index in [1.54, 1.807) is 12.1 Å². The highest BCUT2D eigenvalue weighted by Gasteiger charge is 2.27. The molecule has 0 saturated carbocycles. The molecule has 1 aliphatic heterocycles. The molecule has 6 heteroatoms. The van der Waals surface area contributed by atoms with Crippen LogP contribution in [-0.4, -0.2) is 38.9 Å². The van der Waals surface area contributed by atoms with E-state index >= 15 is 0 Å². The van der Waals surface area contributed by atoms with Gasteiger partial charge >= 0.3 is 0 Å². The fraction of sp³-hybridized carbons (Fsp3) is 0.538. The molecule has 19 heavy (non-hydrogen) atoms. The highest BCUT2D eigenvalue weighted by atomic mass is 32.2. The number of hydrogen-bond acceptors (Lipinski definition) is 5. The maximum Gasteiger partial charge on any atom is 0.297 e. The SMILES string of the molecule is Cc1ccc(S(=O)(=O)O[C@H]2CC[C@H](CO)OC2)cc1. The van der Waals surface area contributed by atoms with Crippen LogP contribution in [0.25, 0.3) is 0 Å². The van der Waals surface area contributed by atoms with Gasteiger partial charge in [-0.1, -0.05) is 17.7 Å². The predicted molar refractivity (Wildman–Crippen MR) is 69.3 cm³/mol. The van der Waals surface area contributed by atoms with Gasteiger partial charge in [0, 0.05) is 0 Å². The Labute approximate surface area is 113 Å². The van der Waals surface area contributed by atoms with E-state index in [4.69, 9.17) is 14.0 Å². The van der Waals surface area contributed by atoms with Crippen LogP contribution in [-0.2, 0) is 19.0 Å². The molecule has 0 aliphatic carbocycles. The Kier molecular flexibility index (Phi) is 4.57. The normalized spacial score (nSPS) is 24.3. The minimum absolute atomic E-state index is 0.0442. The zero-order valence-corrected chi connectivity index (χ0v) is 11.6. The molecule has 0 unspecified atom stereocenters. The summed E-state index contributed by atoms with van der Waals surface area (Å²) in [5.74, 6) is 0. The third kappa shape index (κ3) is 3.76. The molecule has 106 valence electrons. The van der Waals surface area contributed by atoms with Crippen LogP contribution in [0.3, 0.4) is 0 Å². The van der Waals surface area contributed by atoms with E-state index in [2.05, 4.69) is 0 Å². The second-order valence-corrected chi connectivity index (χ2v) is 6.27. The molecule has 0 radical (unpaired) electrons. The lowest BCUT2D eigenvalue weighted by atomic mass is 10.1. The maximum atomic E-state index is 12.0. The predicted octanol–water partition coefficient (Wildman–Crippen LogP) is 1.24. The molecule has 0 spiro atoms. The summed E-state index contributed by atoms with van der Waals surface area (Å²) in [6.45, 7) is 2.04. The van der Waals surface area contributed by atoms with E-state index < -0.39 is 16.2 Å². The average molecular weight is 286 g/mol. The van der Waals surface area contributed by atoms with E-state index in [0.29, 0.717) is 12.8 Å². The van der Waals surface area contributed by atoms with E-state index in [9.17, 15) is 8.42 Å². The molecule has 0 bridgehead atoms. The van der Waals surface area contributed by atoms with Gasteiger partial charge in [-0.05, 0) is 31.9 Å². The van der Waals surface area contributed by atoms with Crippen molar-refractivity contribution in [2.75, 3.05) is 13.2 Å². The second-order valence-electron chi connectivity index (χ2n) is 4.70. The van der Waals surface area contributed by atoms with E-state index in [-0.39, 0.29) is 24.2 Å². The first-order valence-corrected chi connectivity index (χ1v) is 7.64. The number of benzene rings is 1. The highest BCUT2D eigenvalue weighted by molar-refractivity contribution is 7.86. The summed E-state index contributed by atoms with van der Waals surface area (Å²) in [6.07, 6.45) is 0.483. The minimum atomic E-state index is -3.74. The lowest BCUT2D eigenvalue weighted by Gasteiger charge is -2.27. The van der Waals surface area contributed by atoms with Crippen LogP contribution in [0, 0.1) is 6.92 Å². The van der Waals surface area contributed by atoms with Gasteiger partial charge in [0.25, 0.3) is 10.1 Å². The van der Waals surface area contributed by atoms with Crippen molar-refractivity contribution in [1.29, 1.82) is 0 Å². The first-order chi connectivity index (χ1) is 9.01. The molecule has 1 aliphatic rings. The van der Waals surface area contributed by atoms with Gasteiger partial charge < -0.3 is 9.84 Å². The van der Waals surface area contributed by atoms with Gasteiger partial charge in [0.2, 0.25) is 0 Å². The Morgan fingerprint density at radius 3 is 2.53 bits per heavy atom. The average Bonchev–Trinajstić information content (AvgIpc) is 2.40. The van der Waals surface area contributed by atoms with Gasteiger partial charge in [-0.25, -0.2) is 0 Å². The van der Waals surface area contributed by atoms with Crippen molar-refractivity contribution in [1.82, 2.24) is 0 Å². The van der Waals surface area contributed by atoms with Gasteiger partial charge in [0.15, 0.2) is 0 Å². The Hall–Kier alpha value is -0.950. The van der Waals surface area contributed by atoms with Crippen molar-refractivity contribution in [3.63, 3.8) is 0 Å². The number of hydrogen-bond donors (Lipinski definition) is 1. The minimum Gasteiger partial charge on any atom is -0.394 e. The number of ether oxygens (including phenoxy) is 1. The standard InChI is InChI=1S/C13H18O5S/c1-10-2-6-13(7-3-10)19(15,16)18-12-5-4-11(8-14)17-9-12/h2-3,6-7,11-12,14H,4-5,8-9H2,1H3/t11-,12+/m1/s1. The highest BCUT2D eigenvalue weighted by Crippen LogP contribution is 2.21. The lowest BCUT2D eigenvalue weighted by Crippen LogP contribution is -2.34. The molecule has 1 fully saturated rings. The van der Waals surface area contributed by atoms with E-state index in [0.717, 1.165) is 5.56 Å². The molecule has 1 aromatic rings. The second kappa shape index (κ2) is 6.00. The molecule has 1 saturated heterocycles. The monoisotopic (exact) mass is 286 g/mol. The van der Waals surface area contributed by atoms with Gasteiger partial charge in [-0.2, -0.15) is 8.42 Å². The van der Waals surface area contributed by atoms with Crippen molar-refractivity contribution in [2.24, 2.45) is 0 Å². The topological polar surface area (TPSA) is 72.8 Å². The Balaban J connectivity index is 2.00. The van der Waals surface area contributed by atoms with Gasteiger partial charge in [0.05, 0.1) is 24.2 Å². The molecule has 5 nitrogen and oxygen atoms in total. The largest absolute Gasteiger partial charge is 0.394 e. The lowest BCUT2D eigenvalue weighted by molar-refractivity contribution is -0.0639. The summed E-state index contributed by atoms with van der Waals surface area (Å²) in [6, 6.07) is 6.53. The molecule has 1 N–H and O–H groups in total. The van der Waals surface area contributed by atoms with E-state index in [1.807, 2.05) is 6.92 Å². The first kappa shape index (κ1) is 14.5. The van der Waals surface area contributed by atoms with E-state index in [1.165, 1.54) is 12.1 Å². The molecule has 2 rings (SSSR count). The Bertz CT molecular complexity index is 500. The molecule has 2 atom stereocenters. The zero-order chi connectivity index (χ0) is 13.9. The van der Waals surface area contributed by atoms with Crippen molar-refractivity contribution < 1.29 is 22.4 Å². The van der Waals surface area contributed by atoms with Crippen LogP contribution in [0.2, 0.25) is 0 Å². The first-order valence-electron chi connectivity index (χ1n) is 6.23. The van der Waals surface area contributed by atoms with Crippen LogP contribution in [0.1, 0.15) is 18.4 Å². The summed E-state index contributed by atoms with van der Waals surface area (Å²) in [7, 11) is -3.74.